The molecule has 21 heavy (non-hydrogen) atoms. The van der Waals surface area contributed by atoms with Crippen molar-refractivity contribution >= 4 is 28.6 Å². The Balaban J connectivity index is 1.71. The van der Waals surface area contributed by atoms with Gasteiger partial charge in [-0.25, -0.2) is 9.78 Å². The predicted octanol–water partition coefficient (Wildman–Crippen LogP) is 3.91. The summed E-state index contributed by atoms with van der Waals surface area (Å²) in [6.07, 6.45) is 0. The number of esters is 1. The summed E-state index contributed by atoms with van der Waals surface area (Å²) in [7, 11) is 1.33. The van der Waals surface area contributed by atoms with E-state index in [0.29, 0.717) is 5.75 Å². The Morgan fingerprint density at radius 2 is 2.05 bits per heavy atom. The Hall–Kier alpha value is -2.27. The Morgan fingerprint density at radius 3 is 2.90 bits per heavy atom. The van der Waals surface area contributed by atoms with Crippen molar-refractivity contribution in [2.45, 2.75) is 10.8 Å². The van der Waals surface area contributed by atoms with Gasteiger partial charge in [-0.2, -0.15) is 0 Å². The maximum Gasteiger partial charge on any atom is 0.373 e. The average Bonchev–Trinajstić information content (AvgIpc) is 3.01. The minimum absolute atomic E-state index is 0.222. The van der Waals surface area contributed by atoms with E-state index < -0.39 is 5.97 Å². The second-order valence-corrected chi connectivity index (χ2v) is 5.38. The second-order valence-electron chi connectivity index (χ2n) is 4.39. The van der Waals surface area contributed by atoms with E-state index >= 15 is 0 Å². The molecule has 3 aromatic rings. The number of thioether (sulfide) groups is 1. The van der Waals surface area contributed by atoms with Gasteiger partial charge in [-0.3, -0.25) is 0 Å². The van der Waals surface area contributed by atoms with Crippen molar-refractivity contribution in [1.82, 2.24) is 4.98 Å². The molecule has 2 aromatic heterocycles. The molecule has 0 atom stereocenters. The van der Waals surface area contributed by atoms with Crippen LogP contribution < -0.4 is 0 Å². The van der Waals surface area contributed by atoms with Crippen molar-refractivity contribution in [2.75, 3.05) is 7.11 Å². The van der Waals surface area contributed by atoms with Gasteiger partial charge < -0.3 is 9.15 Å². The molecule has 0 saturated carbocycles. The Kier molecular flexibility index (Phi) is 3.92. The number of fused-ring (bicyclic) bond motifs is 1. The monoisotopic (exact) mass is 299 g/mol. The number of benzene rings is 1. The summed E-state index contributed by atoms with van der Waals surface area (Å²) >= 11 is 1.56. The van der Waals surface area contributed by atoms with Crippen molar-refractivity contribution in [1.29, 1.82) is 0 Å². The molecule has 0 amide bonds. The van der Waals surface area contributed by atoms with Crippen LogP contribution >= 0.6 is 11.8 Å². The first-order chi connectivity index (χ1) is 10.3. The van der Waals surface area contributed by atoms with Crippen molar-refractivity contribution in [3.8, 4) is 0 Å². The fraction of sp³-hybridized carbons (Fsp3) is 0.125. The van der Waals surface area contributed by atoms with E-state index in [-0.39, 0.29) is 5.76 Å². The van der Waals surface area contributed by atoms with Crippen LogP contribution in [0.2, 0.25) is 0 Å². The van der Waals surface area contributed by atoms with Gasteiger partial charge in [0.2, 0.25) is 5.76 Å². The zero-order chi connectivity index (χ0) is 14.7. The summed E-state index contributed by atoms with van der Waals surface area (Å²) in [5, 5.41) is 2.04. The molecule has 2 heterocycles. The SMILES string of the molecule is COC(=O)c1ccc(CSc2ccc3ccccc3n2)o1. The molecule has 0 unspecified atom stereocenters. The van der Waals surface area contributed by atoms with E-state index in [4.69, 9.17) is 4.42 Å². The number of pyridine rings is 1. The molecule has 3 rings (SSSR count). The number of aromatic nitrogens is 1. The van der Waals surface area contributed by atoms with Crippen LogP contribution in [0.15, 0.2) is 58.0 Å². The minimum atomic E-state index is -0.463. The average molecular weight is 299 g/mol. The molecule has 0 aliphatic heterocycles. The highest BCUT2D eigenvalue weighted by molar-refractivity contribution is 7.98. The highest BCUT2D eigenvalue weighted by atomic mass is 32.2. The quantitative estimate of drug-likeness (QED) is 0.540. The molecule has 0 fully saturated rings. The summed E-state index contributed by atoms with van der Waals surface area (Å²) < 4.78 is 10.0. The van der Waals surface area contributed by atoms with Gasteiger partial charge in [0.25, 0.3) is 0 Å². The van der Waals surface area contributed by atoms with Crippen LogP contribution in [-0.2, 0) is 10.5 Å². The van der Waals surface area contributed by atoms with Gasteiger partial charge in [-0.05, 0) is 24.3 Å². The van der Waals surface area contributed by atoms with E-state index in [1.165, 1.54) is 7.11 Å². The lowest BCUT2D eigenvalue weighted by Crippen LogP contribution is -1.98. The summed E-state index contributed by atoms with van der Waals surface area (Å²) in [4.78, 5) is 15.9. The van der Waals surface area contributed by atoms with Gasteiger partial charge in [0.05, 0.1) is 23.4 Å². The second kappa shape index (κ2) is 6.01. The van der Waals surface area contributed by atoms with E-state index in [1.54, 1.807) is 23.9 Å². The number of ether oxygens (including phenoxy) is 1. The van der Waals surface area contributed by atoms with Gasteiger partial charge in [-0.1, -0.05) is 36.0 Å². The maximum absolute atomic E-state index is 11.3. The number of furan rings is 1. The number of carbonyl (C=O) groups excluding carboxylic acids is 1. The van der Waals surface area contributed by atoms with Crippen molar-refractivity contribution < 1.29 is 13.9 Å². The molecule has 106 valence electrons. The Bertz CT molecular complexity index is 782. The fourth-order valence-corrected chi connectivity index (χ4v) is 2.71. The fourth-order valence-electron chi connectivity index (χ4n) is 1.94. The molecule has 5 heteroatoms. The standard InChI is InChI=1S/C16H13NO3S/c1-19-16(18)14-8-7-12(20-14)10-21-15-9-6-11-4-2-3-5-13(11)17-15/h2-9H,10H2,1H3. The molecule has 0 N–H and O–H groups in total. The molecule has 4 nitrogen and oxygen atoms in total. The molecular formula is C16H13NO3S. The van der Waals surface area contributed by atoms with Crippen molar-refractivity contribution in [3.05, 3.63) is 60.1 Å². The lowest BCUT2D eigenvalue weighted by molar-refractivity contribution is 0.0563. The summed E-state index contributed by atoms with van der Waals surface area (Å²) in [6, 6.07) is 15.4. The number of nitrogens with zero attached hydrogens (tertiary/aromatic N) is 1. The van der Waals surface area contributed by atoms with Gasteiger partial charge in [0.1, 0.15) is 5.76 Å². The van der Waals surface area contributed by atoms with Gasteiger partial charge in [0.15, 0.2) is 0 Å². The van der Waals surface area contributed by atoms with E-state index in [0.717, 1.165) is 21.7 Å². The third kappa shape index (κ3) is 3.08. The molecule has 0 aliphatic rings. The highest BCUT2D eigenvalue weighted by Crippen LogP contribution is 2.24. The number of hydrogen-bond acceptors (Lipinski definition) is 5. The summed E-state index contributed by atoms with van der Waals surface area (Å²) in [5.74, 6) is 1.09. The third-order valence-corrected chi connectivity index (χ3v) is 3.94. The topological polar surface area (TPSA) is 52.3 Å². The van der Waals surface area contributed by atoms with Crippen LogP contribution in [0.1, 0.15) is 16.3 Å². The Labute approximate surface area is 126 Å². The molecule has 0 radical (unpaired) electrons. The van der Waals surface area contributed by atoms with Gasteiger partial charge in [0, 0.05) is 5.39 Å². The normalized spacial score (nSPS) is 10.7. The number of methoxy groups -OCH3 is 1. The largest absolute Gasteiger partial charge is 0.463 e. The third-order valence-electron chi connectivity index (χ3n) is 2.98. The molecule has 1 aromatic carbocycles. The zero-order valence-corrected chi connectivity index (χ0v) is 12.2. The Morgan fingerprint density at radius 1 is 1.19 bits per heavy atom. The van der Waals surface area contributed by atoms with Gasteiger partial charge >= 0.3 is 5.97 Å². The highest BCUT2D eigenvalue weighted by Gasteiger charge is 2.11. The van der Waals surface area contributed by atoms with Crippen LogP contribution in [0.3, 0.4) is 0 Å². The molecule has 0 bridgehead atoms. The van der Waals surface area contributed by atoms with Crippen LogP contribution in [0.5, 0.6) is 0 Å². The van der Waals surface area contributed by atoms with Crippen LogP contribution in [0.25, 0.3) is 10.9 Å². The summed E-state index contributed by atoms with van der Waals surface area (Å²) in [5.41, 5.74) is 0.970. The van der Waals surface area contributed by atoms with E-state index in [9.17, 15) is 4.79 Å². The van der Waals surface area contributed by atoms with Crippen LogP contribution in [-0.4, -0.2) is 18.1 Å². The number of para-hydroxylation sites is 1. The summed E-state index contributed by atoms with van der Waals surface area (Å²) in [6.45, 7) is 0. The first kappa shape index (κ1) is 13.7. The van der Waals surface area contributed by atoms with E-state index in [2.05, 4.69) is 9.72 Å². The zero-order valence-electron chi connectivity index (χ0n) is 11.4. The molecule has 0 aliphatic carbocycles. The molecule has 0 saturated heterocycles. The van der Waals surface area contributed by atoms with Crippen LogP contribution in [0, 0.1) is 0 Å². The number of carbonyl (C=O) groups is 1. The lowest BCUT2D eigenvalue weighted by Gasteiger charge is -2.01. The first-order valence-electron chi connectivity index (χ1n) is 6.42. The van der Waals surface area contributed by atoms with Gasteiger partial charge in [-0.15, -0.1) is 0 Å². The van der Waals surface area contributed by atoms with Crippen LogP contribution in [0.4, 0.5) is 0 Å². The predicted molar refractivity (Wildman–Crippen MR) is 81.4 cm³/mol. The van der Waals surface area contributed by atoms with E-state index in [1.807, 2.05) is 36.4 Å². The lowest BCUT2D eigenvalue weighted by atomic mass is 10.2. The number of hydrogen-bond donors (Lipinski definition) is 0. The number of rotatable bonds is 4. The minimum Gasteiger partial charge on any atom is -0.463 e. The molecule has 0 spiro atoms. The molecular weight excluding hydrogens is 286 g/mol. The van der Waals surface area contributed by atoms with Crippen molar-refractivity contribution in [3.63, 3.8) is 0 Å². The van der Waals surface area contributed by atoms with Crippen molar-refractivity contribution in [2.24, 2.45) is 0 Å². The maximum atomic E-state index is 11.3. The smallest absolute Gasteiger partial charge is 0.373 e. The first-order valence-corrected chi connectivity index (χ1v) is 7.40.